The highest BCUT2D eigenvalue weighted by molar-refractivity contribution is 5.95. The highest BCUT2D eigenvalue weighted by atomic mass is 16.5. The van der Waals surface area contributed by atoms with Crippen molar-refractivity contribution in [2.75, 3.05) is 18.1 Å². The smallest absolute Gasteiger partial charge is 0.329 e. The number of ether oxygens (including phenoxy) is 1. The van der Waals surface area contributed by atoms with Crippen molar-refractivity contribution in [3.8, 4) is 5.75 Å². The number of carboxylic acids is 1. The first-order valence-corrected chi connectivity index (χ1v) is 8.43. The van der Waals surface area contributed by atoms with E-state index in [1.165, 1.54) is 6.92 Å². The largest absolute Gasteiger partial charge is 0.484 e. The van der Waals surface area contributed by atoms with E-state index in [9.17, 15) is 19.5 Å². The van der Waals surface area contributed by atoms with Crippen LogP contribution in [0.1, 0.15) is 39.5 Å². The van der Waals surface area contributed by atoms with Gasteiger partial charge in [-0.3, -0.25) is 9.59 Å². The molecule has 1 aliphatic heterocycles. The molecular weight excluding hydrogens is 324 g/mol. The van der Waals surface area contributed by atoms with E-state index in [0.717, 1.165) is 12.1 Å². The predicted molar refractivity (Wildman–Crippen MR) is 92.6 cm³/mol. The molecule has 0 aromatic heterocycles. The summed E-state index contributed by atoms with van der Waals surface area (Å²) in [4.78, 5) is 36.9. The van der Waals surface area contributed by atoms with Gasteiger partial charge in [-0.2, -0.15) is 0 Å². The van der Waals surface area contributed by atoms with Gasteiger partial charge >= 0.3 is 5.97 Å². The Labute approximate surface area is 147 Å². The highest BCUT2D eigenvalue weighted by Gasteiger charge is 2.33. The Kier molecular flexibility index (Phi) is 6.01. The minimum absolute atomic E-state index is 0.0756. The third-order valence-electron chi connectivity index (χ3n) is 4.21. The van der Waals surface area contributed by atoms with Gasteiger partial charge in [-0.1, -0.05) is 19.4 Å². The number of rotatable bonds is 8. The first-order chi connectivity index (χ1) is 11.9. The van der Waals surface area contributed by atoms with Crippen LogP contribution in [0.4, 0.5) is 5.69 Å². The van der Waals surface area contributed by atoms with Crippen molar-refractivity contribution in [2.24, 2.45) is 0 Å². The summed E-state index contributed by atoms with van der Waals surface area (Å²) in [5.41, 5.74) is -0.569. The average molecular weight is 348 g/mol. The van der Waals surface area contributed by atoms with E-state index >= 15 is 0 Å². The Morgan fingerprint density at radius 2 is 2.16 bits per heavy atom. The standard InChI is InChI=1S/C18H24N2O5/c1-3-9-18(2,17(23)24)19-15(21)12-25-14-7-4-6-13(11-14)20-10-5-8-16(20)22/h4,6-7,11H,3,5,8-10,12H2,1-2H3,(H,19,21)(H,23,24). The maximum absolute atomic E-state index is 12.0. The van der Waals surface area contributed by atoms with Crippen molar-refractivity contribution in [1.29, 1.82) is 0 Å². The Morgan fingerprint density at radius 3 is 2.76 bits per heavy atom. The third kappa shape index (κ3) is 4.71. The summed E-state index contributed by atoms with van der Waals surface area (Å²) in [6, 6.07) is 6.98. The molecule has 1 atom stereocenters. The van der Waals surface area contributed by atoms with Gasteiger partial charge in [0.05, 0.1) is 0 Å². The topological polar surface area (TPSA) is 95.9 Å². The number of aliphatic carboxylic acids is 1. The summed E-state index contributed by atoms with van der Waals surface area (Å²) in [5.74, 6) is -1.04. The maximum atomic E-state index is 12.0. The van der Waals surface area contributed by atoms with E-state index in [-0.39, 0.29) is 12.5 Å². The molecule has 2 N–H and O–H groups in total. The molecule has 1 heterocycles. The van der Waals surface area contributed by atoms with Gasteiger partial charge in [0.15, 0.2) is 6.61 Å². The van der Waals surface area contributed by atoms with Crippen LogP contribution in [0.5, 0.6) is 5.75 Å². The molecule has 0 aliphatic carbocycles. The van der Waals surface area contributed by atoms with Crippen molar-refractivity contribution in [3.05, 3.63) is 24.3 Å². The van der Waals surface area contributed by atoms with Crippen LogP contribution in [0, 0.1) is 0 Å². The molecule has 1 unspecified atom stereocenters. The number of amides is 2. The Hall–Kier alpha value is -2.57. The SMILES string of the molecule is CCCC(C)(NC(=O)COc1cccc(N2CCCC2=O)c1)C(=O)O. The molecule has 0 spiro atoms. The van der Waals surface area contributed by atoms with Crippen LogP contribution in [-0.4, -0.2) is 41.6 Å². The summed E-state index contributed by atoms with van der Waals surface area (Å²) < 4.78 is 5.46. The van der Waals surface area contributed by atoms with Crippen molar-refractivity contribution in [2.45, 2.75) is 45.1 Å². The number of carbonyl (C=O) groups excluding carboxylic acids is 2. The van der Waals surface area contributed by atoms with E-state index < -0.39 is 17.4 Å². The number of carbonyl (C=O) groups is 3. The van der Waals surface area contributed by atoms with Crippen LogP contribution in [0.3, 0.4) is 0 Å². The maximum Gasteiger partial charge on any atom is 0.329 e. The predicted octanol–water partition coefficient (Wildman–Crippen LogP) is 1.95. The summed E-state index contributed by atoms with van der Waals surface area (Å²) in [6.45, 7) is 3.73. The van der Waals surface area contributed by atoms with E-state index in [4.69, 9.17) is 4.74 Å². The summed E-state index contributed by atoms with van der Waals surface area (Å²) >= 11 is 0. The second-order valence-electron chi connectivity index (χ2n) is 6.37. The van der Waals surface area contributed by atoms with Gasteiger partial charge < -0.3 is 20.1 Å². The van der Waals surface area contributed by atoms with Crippen LogP contribution in [-0.2, 0) is 14.4 Å². The zero-order valence-corrected chi connectivity index (χ0v) is 14.6. The van der Waals surface area contributed by atoms with Gasteiger partial charge in [0.25, 0.3) is 5.91 Å². The van der Waals surface area contributed by atoms with Crippen molar-refractivity contribution >= 4 is 23.5 Å². The quantitative estimate of drug-likeness (QED) is 0.748. The van der Waals surface area contributed by atoms with Gasteiger partial charge in [0.1, 0.15) is 11.3 Å². The average Bonchev–Trinajstić information content (AvgIpc) is 2.99. The zero-order chi connectivity index (χ0) is 18.4. The van der Waals surface area contributed by atoms with E-state index in [1.807, 2.05) is 13.0 Å². The molecule has 1 aromatic carbocycles. The molecule has 136 valence electrons. The molecule has 0 radical (unpaired) electrons. The van der Waals surface area contributed by atoms with Crippen LogP contribution in [0.2, 0.25) is 0 Å². The lowest BCUT2D eigenvalue weighted by Gasteiger charge is -2.25. The normalized spacial score (nSPS) is 16.4. The van der Waals surface area contributed by atoms with Crippen LogP contribution >= 0.6 is 0 Å². The first kappa shape index (κ1) is 18.8. The lowest BCUT2D eigenvalue weighted by molar-refractivity contribution is -0.147. The lowest BCUT2D eigenvalue weighted by Crippen LogP contribution is -2.53. The molecule has 1 saturated heterocycles. The molecule has 1 aromatic rings. The number of hydrogen-bond acceptors (Lipinski definition) is 4. The lowest BCUT2D eigenvalue weighted by atomic mass is 9.96. The summed E-state index contributed by atoms with van der Waals surface area (Å²) in [6.07, 6.45) is 2.34. The molecule has 2 amide bonds. The molecule has 0 bridgehead atoms. The summed E-state index contributed by atoms with van der Waals surface area (Å²) in [7, 11) is 0. The fourth-order valence-corrected chi connectivity index (χ4v) is 2.88. The van der Waals surface area contributed by atoms with Gasteiger partial charge in [0, 0.05) is 24.7 Å². The second-order valence-corrected chi connectivity index (χ2v) is 6.37. The minimum Gasteiger partial charge on any atom is -0.484 e. The first-order valence-electron chi connectivity index (χ1n) is 8.43. The molecular formula is C18H24N2O5. The van der Waals surface area contributed by atoms with E-state index in [0.29, 0.717) is 31.6 Å². The number of nitrogens with one attached hydrogen (secondary N) is 1. The molecule has 25 heavy (non-hydrogen) atoms. The molecule has 7 heteroatoms. The van der Waals surface area contributed by atoms with Crippen LogP contribution in [0.25, 0.3) is 0 Å². The number of nitrogens with zero attached hydrogens (tertiary/aromatic N) is 1. The summed E-state index contributed by atoms with van der Waals surface area (Å²) in [5, 5.41) is 11.8. The van der Waals surface area contributed by atoms with Crippen molar-refractivity contribution < 1.29 is 24.2 Å². The Bertz CT molecular complexity index is 661. The van der Waals surface area contributed by atoms with Gasteiger partial charge in [0.2, 0.25) is 5.91 Å². The van der Waals surface area contributed by atoms with Crippen molar-refractivity contribution in [1.82, 2.24) is 5.32 Å². The Balaban J connectivity index is 1.95. The minimum atomic E-state index is -1.31. The Morgan fingerprint density at radius 1 is 1.40 bits per heavy atom. The van der Waals surface area contributed by atoms with Crippen LogP contribution < -0.4 is 15.0 Å². The van der Waals surface area contributed by atoms with E-state index in [2.05, 4.69) is 5.32 Å². The molecule has 7 nitrogen and oxygen atoms in total. The number of benzene rings is 1. The van der Waals surface area contributed by atoms with Gasteiger partial charge in [-0.05, 0) is 31.9 Å². The van der Waals surface area contributed by atoms with Gasteiger partial charge in [-0.15, -0.1) is 0 Å². The molecule has 1 fully saturated rings. The van der Waals surface area contributed by atoms with E-state index in [1.54, 1.807) is 23.1 Å². The zero-order valence-electron chi connectivity index (χ0n) is 14.6. The molecule has 0 saturated carbocycles. The molecule has 1 aliphatic rings. The second kappa shape index (κ2) is 8.00. The number of hydrogen-bond donors (Lipinski definition) is 2. The molecule has 2 rings (SSSR count). The fraction of sp³-hybridized carbons (Fsp3) is 0.500. The van der Waals surface area contributed by atoms with Gasteiger partial charge in [-0.25, -0.2) is 4.79 Å². The third-order valence-corrected chi connectivity index (χ3v) is 4.21. The van der Waals surface area contributed by atoms with Crippen molar-refractivity contribution in [3.63, 3.8) is 0 Å². The number of anilines is 1. The highest BCUT2D eigenvalue weighted by Crippen LogP contribution is 2.25. The van der Waals surface area contributed by atoms with Crippen LogP contribution in [0.15, 0.2) is 24.3 Å². The monoisotopic (exact) mass is 348 g/mol. The fourth-order valence-electron chi connectivity index (χ4n) is 2.88. The number of carboxylic acid groups (broad SMARTS) is 1.